The maximum absolute atomic E-state index is 11.3. The van der Waals surface area contributed by atoms with Crippen molar-refractivity contribution in [3.8, 4) is 0 Å². The Hall–Kier alpha value is -2.21. The Balaban J connectivity index is 0.000000297. The van der Waals surface area contributed by atoms with Crippen molar-refractivity contribution in [2.45, 2.75) is 151 Å². The second-order valence-electron chi connectivity index (χ2n) is 16.7. The van der Waals surface area contributed by atoms with E-state index in [1.54, 1.807) is 5.57 Å². The Morgan fingerprint density at radius 3 is 2.30 bits per heavy atom. The lowest BCUT2D eigenvalue weighted by Crippen LogP contribution is -2.36. The Bertz CT molecular complexity index is 1100. The molecule has 1 heterocycles. The zero-order valence-electron chi connectivity index (χ0n) is 29.1. The van der Waals surface area contributed by atoms with Crippen LogP contribution in [0.3, 0.4) is 0 Å². The van der Waals surface area contributed by atoms with Crippen LogP contribution in [0.25, 0.3) is 0 Å². The predicted octanol–water partition coefficient (Wildman–Crippen LogP) is 9.04. The minimum atomic E-state index is -0.550. The van der Waals surface area contributed by atoms with Gasteiger partial charge in [-0.25, -0.2) is 4.79 Å². The number of rotatable bonds is 7. The molecular weight excluding hydrogens is 550 g/mol. The molecule has 0 bridgehead atoms. The fourth-order valence-electron chi connectivity index (χ4n) is 7.99. The number of imide groups is 1. The van der Waals surface area contributed by atoms with Gasteiger partial charge in [0.25, 0.3) is 11.8 Å². The Labute approximate surface area is 267 Å². The van der Waals surface area contributed by atoms with Crippen molar-refractivity contribution in [1.82, 2.24) is 5.06 Å². The van der Waals surface area contributed by atoms with E-state index in [1.165, 1.54) is 62.5 Å². The lowest BCUT2D eigenvalue weighted by Gasteiger charge is -2.44. The molecule has 1 N–H and O–H groups in total. The largest absolute Gasteiger partial charge is 0.393 e. The van der Waals surface area contributed by atoms with E-state index in [-0.39, 0.29) is 30.8 Å². The summed E-state index contributed by atoms with van der Waals surface area (Å²) in [5.41, 5.74) is 4.95. The van der Waals surface area contributed by atoms with Crippen LogP contribution in [0.2, 0.25) is 0 Å². The van der Waals surface area contributed by atoms with E-state index in [1.807, 2.05) is 20.8 Å². The zero-order chi connectivity index (χ0) is 32.9. The number of hydrogen-bond acceptors (Lipinski definition) is 5. The number of carbonyl (C=O) groups is 3. The van der Waals surface area contributed by atoms with E-state index in [9.17, 15) is 19.5 Å². The fraction of sp³-hybridized carbons (Fsp3) is 0.763. The maximum atomic E-state index is 11.3. The maximum Gasteiger partial charge on any atom is 0.333 e. The molecule has 3 aliphatic carbocycles. The van der Waals surface area contributed by atoms with Crippen LogP contribution in [-0.4, -0.2) is 34.1 Å². The molecule has 4 fully saturated rings. The molecule has 5 atom stereocenters. The molecule has 1 saturated heterocycles. The standard InChI is InChI=1S/C28H46O.C10H15NO4/c1-20-11-14-24(29)19-23(20)13-12-22-10-8-18-28(6)25(15-16-26(22)28)21(2)9-7-17-27(3,4)5;1-10(2,3)6-9(14)15-11-7(12)4-5-8(11)13/h12-13,21,24-26,29H,1,7-11,14-19H2,2-6H3;4-6H2,1-3H3/b22-12+,23-13-;/t21-,24+,25-,26+,28-;/m1./s1. The smallest absolute Gasteiger partial charge is 0.333 e. The first-order chi connectivity index (χ1) is 20.4. The van der Waals surface area contributed by atoms with Gasteiger partial charge in [-0.2, -0.15) is 0 Å². The molecule has 1 aliphatic heterocycles. The number of hydrogen-bond donors (Lipinski definition) is 1. The first-order valence-corrected chi connectivity index (χ1v) is 17.2. The van der Waals surface area contributed by atoms with E-state index in [2.05, 4.69) is 53.3 Å². The summed E-state index contributed by atoms with van der Waals surface area (Å²) < 4.78 is 0. The van der Waals surface area contributed by atoms with Gasteiger partial charge in [0, 0.05) is 12.8 Å². The predicted molar refractivity (Wildman–Crippen MR) is 177 cm³/mol. The summed E-state index contributed by atoms with van der Waals surface area (Å²) in [6.45, 7) is 22.1. The number of carbonyl (C=O) groups excluding carboxylic acids is 3. The number of nitrogens with zero attached hydrogens (tertiary/aromatic N) is 1. The van der Waals surface area contributed by atoms with Crippen LogP contribution in [0.4, 0.5) is 0 Å². The second kappa shape index (κ2) is 14.9. The van der Waals surface area contributed by atoms with Gasteiger partial charge in [-0.1, -0.05) is 98.1 Å². The highest BCUT2D eigenvalue weighted by atomic mass is 16.7. The van der Waals surface area contributed by atoms with E-state index in [4.69, 9.17) is 4.84 Å². The molecule has 248 valence electrons. The van der Waals surface area contributed by atoms with Crippen LogP contribution in [-0.2, 0) is 19.2 Å². The van der Waals surface area contributed by atoms with Crippen molar-refractivity contribution in [3.05, 3.63) is 35.5 Å². The molecule has 6 nitrogen and oxygen atoms in total. The second-order valence-corrected chi connectivity index (χ2v) is 16.7. The average molecular weight is 612 g/mol. The molecular formula is C38H61NO5. The number of fused-ring (bicyclic) bond motifs is 1. The minimum Gasteiger partial charge on any atom is -0.393 e. The van der Waals surface area contributed by atoms with Crippen molar-refractivity contribution in [2.75, 3.05) is 0 Å². The summed E-state index contributed by atoms with van der Waals surface area (Å²) in [6.07, 6.45) is 18.5. The first-order valence-electron chi connectivity index (χ1n) is 17.2. The number of amides is 2. The van der Waals surface area contributed by atoms with Gasteiger partial charge in [-0.15, -0.1) is 5.06 Å². The van der Waals surface area contributed by atoms with Gasteiger partial charge in [0.1, 0.15) is 0 Å². The van der Waals surface area contributed by atoms with Crippen molar-refractivity contribution < 1.29 is 24.3 Å². The van der Waals surface area contributed by atoms with Gasteiger partial charge >= 0.3 is 5.97 Å². The quantitative estimate of drug-likeness (QED) is 0.290. The third kappa shape index (κ3) is 10.2. The number of aliphatic hydroxyl groups is 1. The highest BCUT2D eigenvalue weighted by Crippen LogP contribution is 2.60. The molecule has 0 aromatic rings. The van der Waals surface area contributed by atoms with Crippen LogP contribution in [0.1, 0.15) is 145 Å². The lowest BCUT2D eigenvalue weighted by atomic mass is 9.60. The van der Waals surface area contributed by atoms with Gasteiger partial charge < -0.3 is 9.94 Å². The Morgan fingerprint density at radius 1 is 1.02 bits per heavy atom. The first kappa shape index (κ1) is 36.3. The van der Waals surface area contributed by atoms with Gasteiger partial charge in [0.05, 0.1) is 12.5 Å². The molecule has 3 saturated carbocycles. The molecule has 4 aliphatic rings. The van der Waals surface area contributed by atoms with E-state index in [0.29, 0.717) is 15.9 Å². The lowest BCUT2D eigenvalue weighted by molar-refractivity contribution is -0.198. The highest BCUT2D eigenvalue weighted by molar-refractivity contribution is 6.01. The number of hydroxylamine groups is 2. The third-order valence-electron chi connectivity index (χ3n) is 10.4. The normalized spacial score (nSPS) is 30.3. The highest BCUT2D eigenvalue weighted by Gasteiger charge is 2.50. The Morgan fingerprint density at radius 2 is 1.68 bits per heavy atom. The monoisotopic (exact) mass is 611 g/mol. The molecule has 0 radical (unpaired) electrons. The zero-order valence-corrected chi connectivity index (χ0v) is 29.1. The summed E-state index contributed by atoms with van der Waals surface area (Å²) in [5, 5.41) is 10.6. The van der Waals surface area contributed by atoms with Crippen LogP contribution in [0.5, 0.6) is 0 Å². The molecule has 0 unspecified atom stereocenters. The molecule has 6 heteroatoms. The third-order valence-corrected chi connectivity index (χ3v) is 10.4. The molecule has 0 spiro atoms. The molecule has 0 aromatic carbocycles. The van der Waals surface area contributed by atoms with Crippen molar-refractivity contribution in [1.29, 1.82) is 0 Å². The molecule has 44 heavy (non-hydrogen) atoms. The van der Waals surface area contributed by atoms with Crippen LogP contribution in [0, 0.1) is 34.0 Å². The fourth-order valence-corrected chi connectivity index (χ4v) is 7.99. The molecule has 4 rings (SSSR count). The van der Waals surface area contributed by atoms with Gasteiger partial charge in [-0.3, -0.25) is 9.59 Å². The van der Waals surface area contributed by atoms with Gasteiger partial charge in [-0.05, 0) is 97.4 Å². The van der Waals surface area contributed by atoms with Crippen LogP contribution in [0.15, 0.2) is 35.5 Å². The van der Waals surface area contributed by atoms with Gasteiger partial charge in [0.2, 0.25) is 0 Å². The summed E-state index contributed by atoms with van der Waals surface area (Å²) in [7, 11) is 0. The Kier molecular flexibility index (Phi) is 12.3. The van der Waals surface area contributed by atoms with E-state index in [0.717, 1.165) is 37.0 Å². The van der Waals surface area contributed by atoms with Crippen LogP contribution < -0.4 is 0 Å². The topological polar surface area (TPSA) is 83.9 Å². The number of allylic oxidation sites excluding steroid dienone is 4. The van der Waals surface area contributed by atoms with Crippen molar-refractivity contribution in [3.63, 3.8) is 0 Å². The molecule has 2 amide bonds. The van der Waals surface area contributed by atoms with Crippen molar-refractivity contribution >= 4 is 17.8 Å². The summed E-state index contributed by atoms with van der Waals surface area (Å²) in [5.74, 6) is 1.06. The number of aliphatic hydroxyl groups excluding tert-OH is 1. The van der Waals surface area contributed by atoms with E-state index >= 15 is 0 Å². The van der Waals surface area contributed by atoms with Gasteiger partial charge in [0.15, 0.2) is 0 Å². The summed E-state index contributed by atoms with van der Waals surface area (Å²) >= 11 is 0. The van der Waals surface area contributed by atoms with Crippen molar-refractivity contribution in [2.24, 2.45) is 34.0 Å². The van der Waals surface area contributed by atoms with Crippen LogP contribution >= 0.6 is 0 Å². The van der Waals surface area contributed by atoms with E-state index < -0.39 is 17.8 Å². The average Bonchev–Trinajstić information content (AvgIpc) is 3.42. The summed E-state index contributed by atoms with van der Waals surface area (Å²) in [6, 6.07) is 0. The SMILES string of the molecule is C=C1CC[C@H](O)C/C1=C/C=C1\CCC[C@]2(C)[C@@H]([C@H](C)CCCC(C)(C)C)CC[C@@H]12.CC(C)(C)CC(=O)ON1C(=O)CCC1=O. The molecule has 0 aromatic heterocycles. The minimum absolute atomic E-state index is 0.127. The summed E-state index contributed by atoms with van der Waals surface area (Å²) in [4.78, 5) is 38.3.